The fourth-order valence-corrected chi connectivity index (χ4v) is 3.29. The second kappa shape index (κ2) is 12.7. The van der Waals surface area contributed by atoms with Crippen LogP contribution in [0.25, 0.3) is 0 Å². The van der Waals surface area contributed by atoms with Gasteiger partial charge < -0.3 is 19.7 Å². The van der Waals surface area contributed by atoms with Crippen LogP contribution < -0.4 is 10.1 Å². The third-order valence-corrected chi connectivity index (χ3v) is 4.93. The predicted molar refractivity (Wildman–Crippen MR) is 122 cm³/mol. The van der Waals surface area contributed by atoms with E-state index in [1.54, 1.807) is 12.0 Å². The summed E-state index contributed by atoms with van der Waals surface area (Å²) in [5.41, 5.74) is 1.71. The molecule has 6 nitrogen and oxygen atoms in total. The molecule has 1 N–H and O–H groups in total. The summed E-state index contributed by atoms with van der Waals surface area (Å²) < 4.78 is 10.6. The Bertz CT molecular complexity index is 806. The van der Waals surface area contributed by atoms with Gasteiger partial charge in [-0.3, -0.25) is 9.59 Å². The number of nitrogens with zero attached hydrogens (tertiary/aromatic N) is 1. The minimum absolute atomic E-state index is 0.0749. The molecule has 0 aliphatic rings. The van der Waals surface area contributed by atoms with Crippen LogP contribution in [0.5, 0.6) is 5.75 Å². The van der Waals surface area contributed by atoms with Crippen molar-refractivity contribution in [3.8, 4) is 5.75 Å². The summed E-state index contributed by atoms with van der Waals surface area (Å²) in [5, 5.41) is 2.99. The first-order valence-electron chi connectivity index (χ1n) is 10.8. The molecule has 31 heavy (non-hydrogen) atoms. The molecule has 168 valence electrons. The van der Waals surface area contributed by atoms with Crippen molar-refractivity contribution in [2.75, 3.05) is 26.9 Å². The van der Waals surface area contributed by atoms with E-state index in [9.17, 15) is 9.59 Å². The number of carbonyl (C=O) groups excluding carboxylic acids is 2. The Morgan fingerprint density at radius 3 is 2.29 bits per heavy atom. The van der Waals surface area contributed by atoms with Crippen molar-refractivity contribution >= 4 is 11.8 Å². The third-order valence-electron chi connectivity index (χ3n) is 4.93. The molecule has 2 amide bonds. The van der Waals surface area contributed by atoms with Crippen molar-refractivity contribution in [3.05, 3.63) is 65.7 Å². The van der Waals surface area contributed by atoms with Gasteiger partial charge in [0.25, 0.3) is 0 Å². The van der Waals surface area contributed by atoms with Crippen molar-refractivity contribution in [2.45, 2.75) is 39.8 Å². The van der Waals surface area contributed by atoms with Crippen LogP contribution in [-0.4, -0.2) is 43.6 Å². The smallest absolute Gasteiger partial charge is 0.247 e. The summed E-state index contributed by atoms with van der Waals surface area (Å²) in [6.45, 7) is 7.71. The Balaban J connectivity index is 2.30. The minimum Gasteiger partial charge on any atom is -0.497 e. The maximum atomic E-state index is 13.3. The number of rotatable bonds is 12. The van der Waals surface area contributed by atoms with Gasteiger partial charge >= 0.3 is 0 Å². The summed E-state index contributed by atoms with van der Waals surface area (Å²) in [5.74, 6) is 0.242. The zero-order valence-electron chi connectivity index (χ0n) is 19.0. The Morgan fingerprint density at radius 1 is 1.03 bits per heavy atom. The summed E-state index contributed by atoms with van der Waals surface area (Å²) >= 11 is 0. The lowest BCUT2D eigenvalue weighted by Gasteiger charge is -2.33. The lowest BCUT2D eigenvalue weighted by atomic mass is 10.0. The first kappa shape index (κ1) is 24.4. The monoisotopic (exact) mass is 426 g/mol. The highest BCUT2D eigenvalue weighted by Crippen LogP contribution is 2.26. The number of ether oxygens (including phenoxy) is 2. The molecule has 0 fully saturated rings. The molecular weight excluding hydrogens is 392 g/mol. The van der Waals surface area contributed by atoms with Gasteiger partial charge in [0.2, 0.25) is 11.8 Å². The van der Waals surface area contributed by atoms with Gasteiger partial charge in [0.15, 0.2) is 0 Å². The van der Waals surface area contributed by atoms with Crippen molar-refractivity contribution in [2.24, 2.45) is 5.92 Å². The van der Waals surface area contributed by atoms with E-state index < -0.39 is 6.04 Å². The van der Waals surface area contributed by atoms with E-state index in [1.807, 2.05) is 75.4 Å². The van der Waals surface area contributed by atoms with Gasteiger partial charge in [-0.15, -0.1) is 0 Å². The molecule has 0 radical (unpaired) electrons. The number of benzene rings is 2. The maximum absolute atomic E-state index is 13.3. The zero-order valence-corrected chi connectivity index (χ0v) is 19.0. The van der Waals surface area contributed by atoms with Crippen LogP contribution in [0.15, 0.2) is 54.6 Å². The van der Waals surface area contributed by atoms with Crippen molar-refractivity contribution in [1.29, 1.82) is 0 Å². The summed E-state index contributed by atoms with van der Waals surface area (Å²) in [4.78, 5) is 28.1. The average Bonchev–Trinajstić information content (AvgIpc) is 2.79. The van der Waals surface area contributed by atoms with Gasteiger partial charge in [-0.2, -0.15) is 0 Å². The highest BCUT2D eigenvalue weighted by atomic mass is 16.5. The van der Waals surface area contributed by atoms with Gasteiger partial charge in [-0.25, -0.2) is 0 Å². The van der Waals surface area contributed by atoms with E-state index in [4.69, 9.17) is 9.47 Å². The molecule has 0 unspecified atom stereocenters. The number of methoxy groups -OCH3 is 1. The van der Waals surface area contributed by atoms with Crippen LogP contribution in [0.4, 0.5) is 0 Å². The number of amides is 2. The van der Waals surface area contributed by atoms with E-state index >= 15 is 0 Å². The first-order valence-corrected chi connectivity index (χ1v) is 10.8. The van der Waals surface area contributed by atoms with E-state index in [1.165, 1.54) is 0 Å². The van der Waals surface area contributed by atoms with Gasteiger partial charge in [-0.05, 0) is 36.6 Å². The average molecular weight is 427 g/mol. The van der Waals surface area contributed by atoms with Gasteiger partial charge in [-0.1, -0.05) is 56.3 Å². The minimum atomic E-state index is -0.717. The molecule has 0 saturated carbocycles. The van der Waals surface area contributed by atoms with E-state index in [0.717, 1.165) is 23.3 Å². The second-order valence-electron chi connectivity index (χ2n) is 7.62. The van der Waals surface area contributed by atoms with Crippen LogP contribution in [0.3, 0.4) is 0 Å². The van der Waals surface area contributed by atoms with E-state index in [-0.39, 0.29) is 17.7 Å². The van der Waals surface area contributed by atoms with E-state index in [0.29, 0.717) is 26.3 Å². The molecule has 0 bridgehead atoms. The third kappa shape index (κ3) is 7.40. The van der Waals surface area contributed by atoms with Crippen molar-refractivity contribution in [1.82, 2.24) is 10.2 Å². The van der Waals surface area contributed by atoms with E-state index in [2.05, 4.69) is 5.32 Å². The SMILES string of the molecule is CCOCCCNC(=O)[C@@H](c1ccccc1)N(Cc1ccc(OC)cc1)C(=O)C(C)C. The zero-order chi connectivity index (χ0) is 22.6. The van der Waals surface area contributed by atoms with Crippen LogP contribution in [0.1, 0.15) is 44.4 Å². The quantitative estimate of drug-likeness (QED) is 0.522. The van der Waals surface area contributed by atoms with Gasteiger partial charge in [0, 0.05) is 32.2 Å². The lowest BCUT2D eigenvalue weighted by Crippen LogP contribution is -2.45. The molecule has 2 aromatic rings. The molecule has 0 aromatic heterocycles. The lowest BCUT2D eigenvalue weighted by molar-refractivity contribution is -0.144. The Morgan fingerprint density at radius 2 is 1.71 bits per heavy atom. The molecule has 2 aromatic carbocycles. The number of nitrogens with one attached hydrogen (secondary N) is 1. The molecule has 0 saturated heterocycles. The molecule has 0 heterocycles. The normalized spacial score (nSPS) is 11.8. The fourth-order valence-electron chi connectivity index (χ4n) is 3.29. The summed E-state index contributed by atoms with van der Waals surface area (Å²) in [7, 11) is 1.62. The Kier molecular flexibility index (Phi) is 10.0. The van der Waals surface area contributed by atoms with Crippen molar-refractivity contribution in [3.63, 3.8) is 0 Å². The molecule has 0 aliphatic carbocycles. The highest BCUT2D eigenvalue weighted by molar-refractivity contribution is 5.89. The molecule has 2 rings (SSSR count). The fraction of sp³-hybridized carbons (Fsp3) is 0.440. The van der Waals surface area contributed by atoms with Crippen LogP contribution in [0, 0.1) is 5.92 Å². The predicted octanol–water partition coefficient (Wildman–Crippen LogP) is 3.96. The Labute approximate surface area is 185 Å². The molecule has 0 spiro atoms. The molecular formula is C25H34N2O4. The standard InChI is InChI=1S/C25H34N2O4/c1-5-31-17-9-16-26-24(28)23(21-10-7-6-8-11-21)27(25(29)19(2)3)18-20-12-14-22(30-4)15-13-20/h6-8,10-15,19,23H,5,9,16-18H2,1-4H3,(H,26,28)/t23-/m1/s1. The van der Waals surface area contributed by atoms with Crippen LogP contribution >= 0.6 is 0 Å². The van der Waals surface area contributed by atoms with Crippen molar-refractivity contribution < 1.29 is 19.1 Å². The number of carbonyl (C=O) groups is 2. The summed E-state index contributed by atoms with van der Waals surface area (Å²) in [6.07, 6.45) is 0.720. The number of hydrogen-bond donors (Lipinski definition) is 1. The van der Waals surface area contributed by atoms with Crippen LogP contribution in [-0.2, 0) is 20.9 Å². The van der Waals surface area contributed by atoms with Gasteiger partial charge in [0.1, 0.15) is 11.8 Å². The van der Waals surface area contributed by atoms with Crippen LogP contribution in [0.2, 0.25) is 0 Å². The number of hydrogen-bond acceptors (Lipinski definition) is 4. The molecule has 6 heteroatoms. The topological polar surface area (TPSA) is 67.9 Å². The summed E-state index contributed by atoms with van der Waals surface area (Å²) in [6, 6.07) is 16.3. The maximum Gasteiger partial charge on any atom is 0.247 e. The molecule has 1 atom stereocenters. The second-order valence-corrected chi connectivity index (χ2v) is 7.62. The Hall–Kier alpha value is -2.86. The highest BCUT2D eigenvalue weighted by Gasteiger charge is 2.32. The molecule has 0 aliphatic heterocycles. The first-order chi connectivity index (χ1) is 15.0. The van der Waals surface area contributed by atoms with Gasteiger partial charge in [0.05, 0.1) is 7.11 Å². The largest absolute Gasteiger partial charge is 0.497 e.